The molecule has 2 aliphatic heterocycles. The molecule has 2 aromatic rings. The molecular weight excluding hydrogens is 326 g/mol. The van der Waals surface area contributed by atoms with Crippen molar-refractivity contribution in [3.8, 4) is 0 Å². The van der Waals surface area contributed by atoms with E-state index >= 15 is 0 Å². The number of nitrogens with zero attached hydrogens (tertiary/aromatic N) is 5. The van der Waals surface area contributed by atoms with Gasteiger partial charge in [-0.1, -0.05) is 6.07 Å². The van der Waals surface area contributed by atoms with E-state index in [1.54, 1.807) is 12.4 Å². The molecule has 0 unspecified atom stereocenters. The van der Waals surface area contributed by atoms with E-state index in [9.17, 15) is 4.79 Å². The van der Waals surface area contributed by atoms with Gasteiger partial charge in [-0.05, 0) is 38.3 Å². The number of carbonyl (C=O) groups is 1. The minimum atomic E-state index is 0.155. The number of aryl methyl sites for hydroxylation is 1. The smallest absolute Gasteiger partial charge is 0.222 e. The highest BCUT2D eigenvalue weighted by molar-refractivity contribution is 5.77. The third kappa shape index (κ3) is 3.54. The highest BCUT2D eigenvalue weighted by atomic mass is 16.2. The SMILES string of the molecule is Cc1cnc(CN2C[C@@]3(CCCN(c4ccccn4)C3)CCC2=O)cn1. The first kappa shape index (κ1) is 16.9. The third-order valence-corrected chi connectivity index (χ3v) is 5.57. The maximum atomic E-state index is 12.5. The van der Waals surface area contributed by atoms with Gasteiger partial charge in [0.15, 0.2) is 0 Å². The molecule has 6 nitrogen and oxygen atoms in total. The van der Waals surface area contributed by atoms with E-state index < -0.39 is 0 Å². The predicted octanol–water partition coefficient (Wildman–Crippen LogP) is 2.59. The number of piperidine rings is 2. The van der Waals surface area contributed by atoms with Crippen molar-refractivity contribution in [3.05, 3.63) is 48.2 Å². The molecule has 1 atom stereocenters. The molecule has 2 aromatic heterocycles. The molecule has 0 N–H and O–H groups in total. The Morgan fingerprint density at radius 3 is 2.81 bits per heavy atom. The number of aromatic nitrogens is 3. The fourth-order valence-corrected chi connectivity index (χ4v) is 4.22. The molecule has 0 aliphatic carbocycles. The van der Waals surface area contributed by atoms with Gasteiger partial charge in [0.2, 0.25) is 5.91 Å². The van der Waals surface area contributed by atoms with Gasteiger partial charge in [-0.25, -0.2) is 4.98 Å². The number of likely N-dealkylation sites (tertiary alicyclic amines) is 1. The van der Waals surface area contributed by atoms with Gasteiger partial charge in [0.1, 0.15) is 5.82 Å². The van der Waals surface area contributed by atoms with Gasteiger partial charge in [-0.3, -0.25) is 14.8 Å². The van der Waals surface area contributed by atoms with E-state index in [-0.39, 0.29) is 11.3 Å². The van der Waals surface area contributed by atoms with Crippen molar-refractivity contribution in [2.75, 3.05) is 24.5 Å². The molecule has 0 bridgehead atoms. The summed E-state index contributed by atoms with van der Waals surface area (Å²) in [6, 6.07) is 6.07. The van der Waals surface area contributed by atoms with E-state index in [1.807, 2.05) is 30.2 Å². The van der Waals surface area contributed by atoms with Gasteiger partial charge in [-0.2, -0.15) is 0 Å². The summed E-state index contributed by atoms with van der Waals surface area (Å²) in [7, 11) is 0. The second kappa shape index (κ2) is 7.02. The minimum absolute atomic E-state index is 0.155. The Balaban J connectivity index is 1.49. The van der Waals surface area contributed by atoms with Crippen LogP contribution in [0, 0.1) is 12.3 Å². The molecule has 0 aromatic carbocycles. The number of anilines is 1. The molecule has 2 fully saturated rings. The predicted molar refractivity (Wildman–Crippen MR) is 99.5 cm³/mol. The molecular formula is C20H25N5O. The highest BCUT2D eigenvalue weighted by Crippen LogP contribution is 2.40. The molecule has 2 aliphatic rings. The second-order valence-electron chi connectivity index (χ2n) is 7.61. The second-order valence-corrected chi connectivity index (χ2v) is 7.61. The quantitative estimate of drug-likeness (QED) is 0.850. The van der Waals surface area contributed by atoms with E-state index in [0.29, 0.717) is 13.0 Å². The lowest BCUT2D eigenvalue weighted by atomic mass is 9.73. The van der Waals surface area contributed by atoms with Gasteiger partial charge in [-0.15, -0.1) is 0 Å². The first-order valence-corrected chi connectivity index (χ1v) is 9.35. The number of pyridine rings is 1. The first-order valence-electron chi connectivity index (χ1n) is 9.35. The van der Waals surface area contributed by atoms with Gasteiger partial charge < -0.3 is 9.80 Å². The Morgan fingerprint density at radius 1 is 1.12 bits per heavy atom. The van der Waals surface area contributed by atoms with Crippen LogP contribution in [0.4, 0.5) is 5.82 Å². The lowest BCUT2D eigenvalue weighted by Gasteiger charge is -2.48. The van der Waals surface area contributed by atoms with Crippen LogP contribution < -0.4 is 4.90 Å². The standard InChI is InChI=1S/C20H25N5O/c1-16-11-23-17(12-22-16)13-25-15-20(8-6-19(25)26)7-4-10-24(14-20)18-5-2-3-9-21-18/h2-3,5,9,11-12H,4,6-8,10,13-15H2,1H3/t20-/m0/s1. The molecule has 136 valence electrons. The Morgan fingerprint density at radius 2 is 2.04 bits per heavy atom. The van der Waals surface area contributed by atoms with Crippen LogP contribution in [0.5, 0.6) is 0 Å². The summed E-state index contributed by atoms with van der Waals surface area (Å²) in [4.78, 5) is 30.1. The van der Waals surface area contributed by atoms with Crippen molar-refractivity contribution in [3.63, 3.8) is 0 Å². The number of amides is 1. The van der Waals surface area contributed by atoms with E-state index in [1.165, 1.54) is 6.42 Å². The molecule has 1 spiro atoms. The molecule has 0 radical (unpaired) electrons. The molecule has 2 saturated heterocycles. The van der Waals surface area contributed by atoms with E-state index in [4.69, 9.17) is 0 Å². The Bertz CT molecular complexity index is 764. The van der Waals surface area contributed by atoms with Gasteiger partial charge in [0, 0.05) is 43.9 Å². The fraction of sp³-hybridized carbons (Fsp3) is 0.500. The van der Waals surface area contributed by atoms with Crippen molar-refractivity contribution in [1.29, 1.82) is 0 Å². The zero-order chi connectivity index (χ0) is 18.0. The first-order chi connectivity index (χ1) is 12.6. The molecule has 1 amide bonds. The van der Waals surface area contributed by atoms with Crippen LogP contribution >= 0.6 is 0 Å². The maximum absolute atomic E-state index is 12.5. The lowest BCUT2D eigenvalue weighted by Crippen LogP contribution is -2.54. The maximum Gasteiger partial charge on any atom is 0.222 e. The van der Waals surface area contributed by atoms with Crippen LogP contribution in [-0.2, 0) is 11.3 Å². The van der Waals surface area contributed by atoms with Crippen LogP contribution in [0.3, 0.4) is 0 Å². The summed E-state index contributed by atoms with van der Waals surface area (Å²) in [5, 5.41) is 0. The van der Waals surface area contributed by atoms with Crippen molar-refractivity contribution in [2.24, 2.45) is 5.41 Å². The summed E-state index contributed by atoms with van der Waals surface area (Å²) in [5.41, 5.74) is 1.91. The summed E-state index contributed by atoms with van der Waals surface area (Å²) in [5.74, 6) is 1.27. The number of hydrogen-bond donors (Lipinski definition) is 0. The fourth-order valence-electron chi connectivity index (χ4n) is 4.22. The largest absolute Gasteiger partial charge is 0.356 e. The molecule has 6 heteroatoms. The van der Waals surface area contributed by atoms with Crippen molar-refractivity contribution >= 4 is 11.7 Å². The summed E-state index contributed by atoms with van der Waals surface area (Å²) in [6.45, 7) is 5.28. The average molecular weight is 351 g/mol. The zero-order valence-corrected chi connectivity index (χ0v) is 15.3. The summed E-state index contributed by atoms with van der Waals surface area (Å²) < 4.78 is 0. The molecule has 4 heterocycles. The highest BCUT2D eigenvalue weighted by Gasteiger charge is 2.42. The summed E-state index contributed by atoms with van der Waals surface area (Å²) >= 11 is 0. The minimum Gasteiger partial charge on any atom is -0.356 e. The lowest BCUT2D eigenvalue weighted by molar-refractivity contribution is -0.138. The zero-order valence-electron chi connectivity index (χ0n) is 15.3. The Hall–Kier alpha value is -2.50. The third-order valence-electron chi connectivity index (χ3n) is 5.57. The van der Waals surface area contributed by atoms with Crippen LogP contribution in [-0.4, -0.2) is 45.4 Å². The number of carbonyl (C=O) groups excluding carboxylic acids is 1. The van der Waals surface area contributed by atoms with Gasteiger partial charge in [0.05, 0.1) is 24.1 Å². The van der Waals surface area contributed by atoms with Crippen LogP contribution in [0.1, 0.15) is 37.1 Å². The normalized spacial score (nSPS) is 23.5. The summed E-state index contributed by atoms with van der Waals surface area (Å²) in [6.07, 6.45) is 9.29. The monoisotopic (exact) mass is 351 g/mol. The molecule has 26 heavy (non-hydrogen) atoms. The van der Waals surface area contributed by atoms with Crippen molar-refractivity contribution in [2.45, 2.75) is 39.2 Å². The Labute approximate surface area is 154 Å². The van der Waals surface area contributed by atoms with Crippen LogP contribution in [0.25, 0.3) is 0 Å². The van der Waals surface area contributed by atoms with Gasteiger partial charge in [0.25, 0.3) is 0 Å². The van der Waals surface area contributed by atoms with E-state index in [2.05, 4.69) is 25.9 Å². The number of rotatable bonds is 3. The van der Waals surface area contributed by atoms with Crippen LogP contribution in [0.2, 0.25) is 0 Å². The average Bonchev–Trinajstić information content (AvgIpc) is 2.68. The number of hydrogen-bond acceptors (Lipinski definition) is 5. The van der Waals surface area contributed by atoms with Crippen LogP contribution in [0.15, 0.2) is 36.8 Å². The van der Waals surface area contributed by atoms with Crippen molar-refractivity contribution < 1.29 is 4.79 Å². The van der Waals surface area contributed by atoms with Gasteiger partial charge >= 0.3 is 0 Å². The topological polar surface area (TPSA) is 62.2 Å². The Kier molecular flexibility index (Phi) is 4.57. The molecule has 0 saturated carbocycles. The molecule has 4 rings (SSSR count). The van der Waals surface area contributed by atoms with E-state index in [0.717, 1.165) is 49.7 Å². The van der Waals surface area contributed by atoms with Crippen molar-refractivity contribution in [1.82, 2.24) is 19.9 Å².